The molecule has 1 saturated heterocycles. The molecule has 2 heterocycles. The summed E-state index contributed by atoms with van der Waals surface area (Å²) in [5.41, 5.74) is 1.40. The van der Waals surface area contributed by atoms with Crippen molar-refractivity contribution in [3.05, 3.63) is 21.4 Å². The molecule has 2 atom stereocenters. The average Bonchev–Trinajstić information content (AvgIpc) is 3.03. The summed E-state index contributed by atoms with van der Waals surface area (Å²) in [4.78, 5) is 17.0. The summed E-state index contributed by atoms with van der Waals surface area (Å²) in [6, 6.07) is 2.35. The zero-order valence-electron chi connectivity index (χ0n) is 12.1. The molecule has 2 aliphatic rings. The first-order chi connectivity index (χ1) is 9.65. The van der Waals surface area contributed by atoms with Gasteiger partial charge in [0.05, 0.1) is 11.0 Å². The number of carbonyl (C=O) groups is 1. The van der Waals surface area contributed by atoms with Crippen LogP contribution in [0.3, 0.4) is 0 Å². The normalized spacial score (nSPS) is 23.7. The molecule has 1 aromatic heterocycles. The minimum atomic E-state index is -0.329. The van der Waals surface area contributed by atoms with Crippen LogP contribution >= 0.6 is 11.3 Å². The van der Waals surface area contributed by atoms with Gasteiger partial charge in [-0.25, -0.2) is 0 Å². The highest BCUT2D eigenvalue weighted by Gasteiger charge is 2.31. The average molecular weight is 293 g/mol. The maximum Gasteiger partial charge on any atom is 0.264 e. The highest BCUT2D eigenvalue weighted by Crippen LogP contribution is 2.32. The molecule has 0 radical (unpaired) electrons. The summed E-state index contributed by atoms with van der Waals surface area (Å²) < 4.78 is 0. The Bertz CT molecular complexity index is 471. The van der Waals surface area contributed by atoms with Gasteiger partial charge in [0.1, 0.15) is 0 Å². The molecule has 20 heavy (non-hydrogen) atoms. The topological polar surface area (TPSA) is 40.5 Å². The Balaban J connectivity index is 1.76. The summed E-state index contributed by atoms with van der Waals surface area (Å²) in [6.07, 6.45) is 7.26. The van der Waals surface area contributed by atoms with Crippen molar-refractivity contribution >= 4 is 17.2 Å². The lowest BCUT2D eigenvalue weighted by Gasteiger charge is -2.25. The Morgan fingerprint density at radius 2 is 2.25 bits per heavy atom. The van der Waals surface area contributed by atoms with Crippen molar-refractivity contribution in [1.82, 2.24) is 4.90 Å². The fourth-order valence-electron chi connectivity index (χ4n) is 3.48. The van der Waals surface area contributed by atoms with Gasteiger partial charge in [0.25, 0.3) is 5.91 Å². The summed E-state index contributed by atoms with van der Waals surface area (Å²) >= 11 is 1.70. The molecule has 1 amide bonds. The van der Waals surface area contributed by atoms with Crippen molar-refractivity contribution in [2.45, 2.75) is 64.0 Å². The number of thiophene rings is 1. The fourth-order valence-corrected chi connectivity index (χ4v) is 4.69. The Hall–Kier alpha value is -0.870. The predicted molar refractivity (Wildman–Crippen MR) is 81.3 cm³/mol. The summed E-state index contributed by atoms with van der Waals surface area (Å²) in [5, 5.41) is 9.58. The molecule has 2 unspecified atom stereocenters. The predicted octanol–water partition coefficient (Wildman–Crippen LogP) is 3.00. The van der Waals surface area contributed by atoms with Crippen LogP contribution in [0.2, 0.25) is 0 Å². The zero-order valence-corrected chi connectivity index (χ0v) is 12.9. The lowest BCUT2D eigenvalue weighted by molar-refractivity contribution is 0.0687. The number of hydrogen-bond donors (Lipinski definition) is 1. The van der Waals surface area contributed by atoms with Crippen LogP contribution in [-0.2, 0) is 12.8 Å². The third-order valence-electron chi connectivity index (χ3n) is 4.46. The summed E-state index contributed by atoms with van der Waals surface area (Å²) in [7, 11) is 0. The van der Waals surface area contributed by atoms with Gasteiger partial charge in [-0.15, -0.1) is 11.3 Å². The van der Waals surface area contributed by atoms with Crippen LogP contribution in [-0.4, -0.2) is 34.6 Å². The van der Waals surface area contributed by atoms with Gasteiger partial charge < -0.3 is 10.0 Å². The second-order valence-corrected chi connectivity index (χ2v) is 7.28. The number of carbonyl (C=O) groups excluding carboxylic acids is 1. The van der Waals surface area contributed by atoms with Crippen molar-refractivity contribution in [3.8, 4) is 0 Å². The van der Waals surface area contributed by atoms with Crippen molar-refractivity contribution in [2.75, 3.05) is 6.54 Å². The Morgan fingerprint density at radius 3 is 3.00 bits per heavy atom. The molecule has 0 aromatic carbocycles. The number of nitrogens with zero attached hydrogens (tertiary/aromatic N) is 1. The van der Waals surface area contributed by atoms with E-state index in [4.69, 9.17) is 0 Å². The van der Waals surface area contributed by atoms with Gasteiger partial charge in [-0.2, -0.15) is 0 Å². The lowest BCUT2D eigenvalue weighted by Crippen LogP contribution is -2.36. The number of amides is 1. The third kappa shape index (κ3) is 2.77. The van der Waals surface area contributed by atoms with E-state index in [9.17, 15) is 9.90 Å². The second kappa shape index (κ2) is 5.86. The Morgan fingerprint density at radius 1 is 1.45 bits per heavy atom. The van der Waals surface area contributed by atoms with Crippen molar-refractivity contribution < 1.29 is 9.90 Å². The van der Waals surface area contributed by atoms with E-state index >= 15 is 0 Å². The highest BCUT2D eigenvalue weighted by molar-refractivity contribution is 7.14. The molecule has 110 valence electrons. The molecule has 0 bridgehead atoms. The molecule has 3 rings (SSSR count). The molecular formula is C16H23NO2S. The molecule has 1 aliphatic heterocycles. The van der Waals surface area contributed by atoms with Gasteiger partial charge in [0, 0.05) is 17.5 Å². The monoisotopic (exact) mass is 293 g/mol. The smallest absolute Gasteiger partial charge is 0.264 e. The van der Waals surface area contributed by atoms with Gasteiger partial charge >= 0.3 is 0 Å². The van der Waals surface area contributed by atoms with Crippen LogP contribution < -0.4 is 0 Å². The van der Waals surface area contributed by atoms with Gasteiger partial charge in [-0.05, 0) is 63.5 Å². The van der Waals surface area contributed by atoms with E-state index in [2.05, 4.69) is 6.07 Å². The summed E-state index contributed by atoms with van der Waals surface area (Å²) in [6.45, 7) is 2.66. The molecule has 3 nitrogen and oxygen atoms in total. The lowest BCUT2D eigenvalue weighted by atomic mass is 9.99. The van der Waals surface area contributed by atoms with Gasteiger partial charge in [-0.3, -0.25) is 4.79 Å². The van der Waals surface area contributed by atoms with E-state index in [1.807, 2.05) is 11.8 Å². The van der Waals surface area contributed by atoms with Crippen molar-refractivity contribution in [3.63, 3.8) is 0 Å². The van der Waals surface area contributed by atoms with Crippen LogP contribution in [0.15, 0.2) is 6.07 Å². The van der Waals surface area contributed by atoms with E-state index in [0.717, 1.165) is 37.1 Å². The first-order valence-corrected chi connectivity index (χ1v) is 8.57. The highest BCUT2D eigenvalue weighted by atomic mass is 32.1. The summed E-state index contributed by atoms with van der Waals surface area (Å²) in [5.74, 6) is 0.188. The number of likely N-dealkylation sites (tertiary alicyclic amines) is 1. The number of rotatable bonds is 3. The maximum absolute atomic E-state index is 12.7. The van der Waals surface area contributed by atoms with E-state index in [0.29, 0.717) is 6.42 Å². The van der Waals surface area contributed by atoms with E-state index in [1.54, 1.807) is 11.3 Å². The second-order valence-electron chi connectivity index (χ2n) is 6.15. The molecule has 0 saturated carbocycles. The molecule has 1 aliphatic carbocycles. The van der Waals surface area contributed by atoms with Crippen LogP contribution in [0.1, 0.15) is 59.1 Å². The Kier molecular flexibility index (Phi) is 4.13. The van der Waals surface area contributed by atoms with Crippen LogP contribution in [0.5, 0.6) is 0 Å². The number of hydrogen-bond acceptors (Lipinski definition) is 3. The number of aryl methyl sites for hydroxylation is 2. The minimum absolute atomic E-state index is 0.188. The van der Waals surface area contributed by atoms with Gasteiger partial charge in [0.15, 0.2) is 0 Å². The maximum atomic E-state index is 12.7. The minimum Gasteiger partial charge on any atom is -0.393 e. The molecule has 1 N–H and O–H groups in total. The molecule has 0 spiro atoms. The number of aliphatic hydroxyl groups is 1. The van der Waals surface area contributed by atoms with Gasteiger partial charge in [-0.1, -0.05) is 0 Å². The fraction of sp³-hybridized carbons (Fsp3) is 0.688. The zero-order chi connectivity index (χ0) is 14.1. The quantitative estimate of drug-likeness (QED) is 0.930. The first-order valence-electron chi connectivity index (χ1n) is 7.76. The van der Waals surface area contributed by atoms with Crippen molar-refractivity contribution in [2.24, 2.45) is 0 Å². The van der Waals surface area contributed by atoms with E-state index < -0.39 is 0 Å². The van der Waals surface area contributed by atoms with Crippen LogP contribution in [0.4, 0.5) is 0 Å². The third-order valence-corrected chi connectivity index (χ3v) is 5.68. The molecule has 4 heteroatoms. The van der Waals surface area contributed by atoms with Crippen LogP contribution in [0.25, 0.3) is 0 Å². The first kappa shape index (κ1) is 14.1. The van der Waals surface area contributed by atoms with Gasteiger partial charge in [0.2, 0.25) is 0 Å². The van der Waals surface area contributed by atoms with E-state index in [-0.39, 0.29) is 18.1 Å². The largest absolute Gasteiger partial charge is 0.393 e. The molecular weight excluding hydrogens is 270 g/mol. The SMILES string of the molecule is CC(O)CC1CCCN1C(=O)c1cc2c(s1)CCCC2. The standard InChI is InChI=1S/C16H23NO2S/c1-11(18)9-13-6-4-8-17(13)16(19)15-10-12-5-2-3-7-14(12)20-15/h10-11,13,18H,2-9H2,1H3. The molecule has 1 aromatic rings. The van der Waals surface area contributed by atoms with E-state index in [1.165, 1.54) is 23.3 Å². The van der Waals surface area contributed by atoms with Crippen molar-refractivity contribution in [1.29, 1.82) is 0 Å². The molecule has 1 fully saturated rings. The number of aliphatic hydroxyl groups excluding tert-OH is 1. The Labute approximate surface area is 124 Å². The number of fused-ring (bicyclic) bond motifs is 1. The van der Waals surface area contributed by atoms with Crippen LogP contribution in [0, 0.1) is 0 Å².